The van der Waals surface area contributed by atoms with E-state index in [0.717, 1.165) is 23.5 Å². The predicted octanol–water partition coefficient (Wildman–Crippen LogP) is 5.68. The molecule has 0 saturated heterocycles. The predicted molar refractivity (Wildman–Crippen MR) is 124 cm³/mol. The van der Waals surface area contributed by atoms with Gasteiger partial charge in [-0.15, -0.1) is 23.5 Å². The molecule has 0 aliphatic heterocycles. The average Bonchev–Trinajstić information content (AvgIpc) is 2.69. The molecule has 0 unspecified atom stereocenters. The zero-order valence-electron chi connectivity index (χ0n) is 17.2. The van der Waals surface area contributed by atoms with Gasteiger partial charge < -0.3 is 10.2 Å². The van der Waals surface area contributed by atoms with Crippen molar-refractivity contribution in [2.45, 2.75) is 69.3 Å². The second-order valence-electron chi connectivity index (χ2n) is 6.85. The zero-order valence-corrected chi connectivity index (χ0v) is 18.8. The van der Waals surface area contributed by atoms with Crippen molar-refractivity contribution in [3.05, 3.63) is 35.4 Å². The summed E-state index contributed by atoms with van der Waals surface area (Å²) in [6, 6.07) is 8.41. The summed E-state index contributed by atoms with van der Waals surface area (Å²) in [5, 5.41) is 17.5. The molecular weight excluding hydrogens is 404 g/mol. The van der Waals surface area contributed by atoms with Crippen molar-refractivity contribution in [2.24, 2.45) is 0 Å². The van der Waals surface area contributed by atoms with Crippen molar-refractivity contribution in [1.82, 2.24) is 0 Å². The number of aliphatic carboxylic acids is 2. The fraction of sp³-hybridized carbons (Fsp3) is 0.565. The number of benzene rings is 1. The lowest BCUT2D eigenvalue weighted by Crippen LogP contribution is -2.01. The molecule has 0 bridgehead atoms. The number of carbonyl (C=O) groups is 2. The Morgan fingerprint density at radius 3 is 2.00 bits per heavy atom. The summed E-state index contributed by atoms with van der Waals surface area (Å²) in [5.41, 5.74) is 2.32. The third-order valence-corrected chi connectivity index (χ3v) is 6.92. The summed E-state index contributed by atoms with van der Waals surface area (Å²) >= 11 is 3.28. The molecule has 160 valence electrons. The molecule has 0 aliphatic rings. The van der Waals surface area contributed by atoms with Crippen molar-refractivity contribution in [3.8, 4) is 11.8 Å². The van der Waals surface area contributed by atoms with Gasteiger partial charge in [0.25, 0.3) is 0 Å². The Bertz CT molecular complexity index is 640. The Balaban J connectivity index is 2.55. The second-order valence-corrected chi connectivity index (χ2v) is 9.57. The van der Waals surface area contributed by atoms with Crippen LogP contribution in [0.3, 0.4) is 0 Å². The minimum absolute atomic E-state index is 0.0197. The smallest absolute Gasteiger partial charge is 0.303 e. The minimum atomic E-state index is -0.780. The standard InChI is InChI=1S/C23H32O4S2/c1-2-3-4-5-8-19-11-13-20(14-12-19)15-16-23(28-17-6-9-21(24)25)29-18-7-10-22(26)27/h11-14,23H,2-10,17-18H2,1H3,(H,24,25)(H,26,27). The number of hydrogen-bond donors (Lipinski definition) is 2. The Labute approximate surface area is 183 Å². The molecule has 1 rings (SSSR count). The lowest BCUT2D eigenvalue weighted by atomic mass is 10.0. The van der Waals surface area contributed by atoms with Crippen LogP contribution in [0.1, 0.15) is 69.4 Å². The van der Waals surface area contributed by atoms with Crippen molar-refractivity contribution in [1.29, 1.82) is 0 Å². The van der Waals surface area contributed by atoms with Gasteiger partial charge in [0.15, 0.2) is 0 Å². The van der Waals surface area contributed by atoms with Crippen LogP contribution in [-0.2, 0) is 16.0 Å². The Kier molecular flexibility index (Phi) is 14.3. The number of aryl methyl sites for hydroxylation is 1. The first kappa shape index (κ1) is 25.5. The van der Waals surface area contributed by atoms with Crippen molar-refractivity contribution >= 4 is 35.5 Å². The third kappa shape index (κ3) is 14.1. The van der Waals surface area contributed by atoms with Gasteiger partial charge in [-0.25, -0.2) is 0 Å². The van der Waals surface area contributed by atoms with Crippen LogP contribution in [0.15, 0.2) is 24.3 Å². The number of thioether (sulfide) groups is 2. The van der Waals surface area contributed by atoms with Crippen LogP contribution in [0.5, 0.6) is 0 Å². The van der Waals surface area contributed by atoms with Crippen LogP contribution in [0.4, 0.5) is 0 Å². The van der Waals surface area contributed by atoms with Crippen molar-refractivity contribution in [2.75, 3.05) is 11.5 Å². The van der Waals surface area contributed by atoms with Gasteiger partial charge in [-0.05, 0) is 54.9 Å². The molecule has 0 spiro atoms. The summed E-state index contributed by atoms with van der Waals surface area (Å²) in [5.74, 6) is 6.40. The maximum atomic E-state index is 10.7. The monoisotopic (exact) mass is 436 g/mol. The van der Waals surface area contributed by atoms with Gasteiger partial charge in [0, 0.05) is 18.4 Å². The highest BCUT2D eigenvalue weighted by Crippen LogP contribution is 2.25. The molecule has 0 radical (unpaired) electrons. The SMILES string of the molecule is CCCCCCc1ccc(C#CC(SCCCC(=O)O)SCCCC(=O)O)cc1. The van der Waals surface area contributed by atoms with Gasteiger partial charge in [0.2, 0.25) is 0 Å². The highest BCUT2D eigenvalue weighted by Gasteiger charge is 2.08. The topological polar surface area (TPSA) is 74.6 Å². The zero-order chi connectivity index (χ0) is 21.3. The van der Waals surface area contributed by atoms with Gasteiger partial charge in [-0.3, -0.25) is 9.59 Å². The van der Waals surface area contributed by atoms with Crippen LogP contribution >= 0.6 is 23.5 Å². The molecule has 29 heavy (non-hydrogen) atoms. The largest absolute Gasteiger partial charge is 0.481 e. The van der Waals surface area contributed by atoms with Gasteiger partial charge in [0.1, 0.15) is 4.58 Å². The van der Waals surface area contributed by atoms with E-state index in [0.29, 0.717) is 12.8 Å². The average molecular weight is 437 g/mol. The minimum Gasteiger partial charge on any atom is -0.481 e. The molecule has 0 heterocycles. The molecule has 0 aromatic heterocycles. The Morgan fingerprint density at radius 2 is 1.48 bits per heavy atom. The van der Waals surface area contributed by atoms with E-state index in [-0.39, 0.29) is 17.4 Å². The fourth-order valence-corrected chi connectivity index (χ4v) is 4.91. The van der Waals surface area contributed by atoms with Crippen LogP contribution in [0.2, 0.25) is 0 Å². The number of hydrogen-bond acceptors (Lipinski definition) is 4. The van der Waals surface area contributed by atoms with Gasteiger partial charge in [-0.2, -0.15) is 0 Å². The van der Waals surface area contributed by atoms with E-state index >= 15 is 0 Å². The first-order chi connectivity index (χ1) is 14.0. The molecule has 0 amide bonds. The number of rotatable bonds is 15. The molecule has 6 heteroatoms. The van der Waals surface area contributed by atoms with E-state index in [9.17, 15) is 9.59 Å². The molecule has 1 aromatic carbocycles. The number of unbranched alkanes of at least 4 members (excludes halogenated alkanes) is 3. The molecule has 1 aromatic rings. The van der Waals surface area contributed by atoms with E-state index in [1.54, 1.807) is 23.5 Å². The normalized spacial score (nSPS) is 10.6. The molecule has 0 aliphatic carbocycles. The highest BCUT2D eigenvalue weighted by molar-refractivity contribution is 8.17. The summed E-state index contributed by atoms with van der Waals surface area (Å²) in [7, 11) is 0. The first-order valence-electron chi connectivity index (χ1n) is 10.3. The van der Waals surface area contributed by atoms with E-state index in [1.165, 1.54) is 31.2 Å². The van der Waals surface area contributed by atoms with Gasteiger partial charge in [0.05, 0.1) is 0 Å². The first-order valence-corrected chi connectivity index (χ1v) is 12.4. The maximum absolute atomic E-state index is 10.7. The lowest BCUT2D eigenvalue weighted by Gasteiger charge is -2.09. The van der Waals surface area contributed by atoms with E-state index < -0.39 is 11.9 Å². The Hall–Kier alpha value is -1.58. The fourth-order valence-electron chi connectivity index (χ4n) is 2.61. The lowest BCUT2D eigenvalue weighted by molar-refractivity contribution is -0.138. The molecule has 0 atom stereocenters. The van der Waals surface area contributed by atoms with Crippen LogP contribution in [0, 0.1) is 11.8 Å². The quantitative estimate of drug-likeness (QED) is 0.209. The van der Waals surface area contributed by atoms with E-state index in [2.05, 4.69) is 43.0 Å². The molecule has 0 saturated carbocycles. The molecule has 0 fully saturated rings. The molecular formula is C23H32O4S2. The highest BCUT2D eigenvalue weighted by atomic mass is 32.2. The van der Waals surface area contributed by atoms with Crippen molar-refractivity contribution in [3.63, 3.8) is 0 Å². The van der Waals surface area contributed by atoms with Crippen LogP contribution < -0.4 is 0 Å². The molecule has 4 nitrogen and oxygen atoms in total. The summed E-state index contributed by atoms with van der Waals surface area (Å²) in [6.45, 7) is 2.22. The third-order valence-electron chi connectivity index (χ3n) is 4.22. The summed E-state index contributed by atoms with van der Waals surface area (Å²) in [4.78, 5) is 21.3. The van der Waals surface area contributed by atoms with Crippen LogP contribution in [-0.4, -0.2) is 38.2 Å². The van der Waals surface area contributed by atoms with Gasteiger partial charge >= 0.3 is 11.9 Å². The molecule has 2 N–H and O–H groups in total. The maximum Gasteiger partial charge on any atom is 0.303 e. The number of carboxylic acid groups (broad SMARTS) is 2. The van der Waals surface area contributed by atoms with E-state index in [1.807, 2.05) is 0 Å². The summed E-state index contributed by atoms with van der Waals surface area (Å²) in [6.07, 6.45) is 7.69. The van der Waals surface area contributed by atoms with E-state index in [4.69, 9.17) is 10.2 Å². The van der Waals surface area contributed by atoms with Crippen LogP contribution in [0.25, 0.3) is 0 Å². The Morgan fingerprint density at radius 1 is 0.897 bits per heavy atom. The van der Waals surface area contributed by atoms with Gasteiger partial charge in [-0.1, -0.05) is 50.2 Å². The second kappa shape index (κ2) is 16.2. The number of carboxylic acids is 2. The van der Waals surface area contributed by atoms with Crippen molar-refractivity contribution < 1.29 is 19.8 Å². The summed E-state index contributed by atoms with van der Waals surface area (Å²) < 4.78 is 0.0197.